The maximum atomic E-state index is 2.52. The molecule has 18 rings (SSSR count). The molecule has 0 saturated heterocycles. The summed E-state index contributed by atoms with van der Waals surface area (Å²) in [7, 11) is 0. The second-order valence-corrected chi connectivity index (χ2v) is 24.0. The van der Waals surface area contributed by atoms with Crippen LogP contribution in [-0.4, -0.2) is 18.3 Å². The van der Waals surface area contributed by atoms with Gasteiger partial charge in [0.05, 0.1) is 44.5 Å². The van der Waals surface area contributed by atoms with Gasteiger partial charge in [0, 0.05) is 66.2 Å². The van der Waals surface area contributed by atoms with E-state index < -0.39 is 0 Å². The van der Waals surface area contributed by atoms with Gasteiger partial charge in [0.2, 0.25) is 0 Å². The molecule has 4 nitrogen and oxygen atoms in total. The number of benzene rings is 14. The molecule has 18 aromatic rings. The molecule has 0 fully saturated rings. The van der Waals surface area contributed by atoms with Gasteiger partial charge in [-0.1, -0.05) is 261 Å². The number of nitrogens with zero attached hydrogens (tertiary/aromatic N) is 4. The summed E-state index contributed by atoms with van der Waals surface area (Å²) in [5, 5.41) is 7.37. The molecule has 4 heterocycles. The summed E-state index contributed by atoms with van der Waals surface area (Å²) in [6.45, 7) is 0. The Kier molecular flexibility index (Phi) is 12.5. The maximum Gasteiger partial charge on any atom is 0.0795 e. The highest BCUT2D eigenvalue weighted by atomic mass is 15.1. The van der Waals surface area contributed by atoms with Crippen LogP contribution in [0.1, 0.15) is 0 Å². The Hall–Kier alpha value is -12.2. The van der Waals surface area contributed by atoms with Crippen molar-refractivity contribution in [3.05, 3.63) is 352 Å². The van der Waals surface area contributed by atoms with Crippen molar-refractivity contribution >= 4 is 65.4 Å². The van der Waals surface area contributed by atoms with Crippen molar-refractivity contribution in [3.8, 4) is 101 Å². The van der Waals surface area contributed by atoms with Gasteiger partial charge in [-0.05, 0) is 147 Å². The molecule has 0 spiro atoms. The molecule has 4 aromatic heterocycles. The van der Waals surface area contributed by atoms with E-state index >= 15 is 0 Å². The standard InChI is InChI=1S/C88H58N4/c1-5-21-65(22-6-1)85-76-31-15-19-35-81(76)91(71-51-45-61(46-52-71)59-37-41-63(42-38-59)67-50-56-83-78(57-67)74-30-14-18-34-80(74)89(83)69-25-9-3-10-26-69)87(85)88-86(66-23-7-2-8-24-66)77-32-16-20-36-82(77)92(88)72-53-47-62(48-54-72)60-39-43-64(44-40-60)68-49-55-75-73-29-13-17-33-79(73)90(84(75)58-68)70-27-11-4-12-28-70/h1-58H. The fourth-order valence-corrected chi connectivity index (χ4v) is 14.6. The summed E-state index contributed by atoms with van der Waals surface area (Å²) in [5.41, 5.74) is 27.9. The van der Waals surface area contributed by atoms with Crippen LogP contribution in [0.25, 0.3) is 166 Å². The molecule has 4 heteroatoms. The number of rotatable bonds is 11. The smallest absolute Gasteiger partial charge is 0.0795 e. The van der Waals surface area contributed by atoms with Gasteiger partial charge in [0.15, 0.2) is 0 Å². The molecule has 0 radical (unpaired) electrons. The van der Waals surface area contributed by atoms with Gasteiger partial charge < -0.3 is 18.3 Å². The molecular weight excluding hydrogens is 1110 g/mol. The number of fused-ring (bicyclic) bond motifs is 8. The zero-order valence-corrected chi connectivity index (χ0v) is 50.3. The predicted octanol–water partition coefficient (Wildman–Crippen LogP) is 23.4. The third-order valence-electron chi connectivity index (χ3n) is 18.8. The average Bonchev–Trinajstić information content (AvgIpc) is 1.55. The lowest BCUT2D eigenvalue weighted by Gasteiger charge is -2.19. The van der Waals surface area contributed by atoms with Crippen molar-refractivity contribution in [1.29, 1.82) is 0 Å². The first-order valence-corrected chi connectivity index (χ1v) is 31.6. The quantitative estimate of drug-likeness (QED) is 0.123. The molecule has 0 saturated carbocycles. The zero-order valence-electron chi connectivity index (χ0n) is 50.3. The Morgan fingerprint density at radius 1 is 0.141 bits per heavy atom. The van der Waals surface area contributed by atoms with Crippen molar-refractivity contribution in [1.82, 2.24) is 18.3 Å². The fourth-order valence-electron chi connectivity index (χ4n) is 14.6. The van der Waals surface area contributed by atoms with Crippen LogP contribution in [0.4, 0.5) is 0 Å². The van der Waals surface area contributed by atoms with E-state index in [0.29, 0.717) is 0 Å². The Morgan fingerprint density at radius 2 is 0.413 bits per heavy atom. The normalized spacial score (nSPS) is 11.7. The van der Waals surface area contributed by atoms with Gasteiger partial charge in [0.1, 0.15) is 0 Å². The van der Waals surface area contributed by atoms with E-state index in [1.165, 1.54) is 87.8 Å². The zero-order chi connectivity index (χ0) is 60.6. The van der Waals surface area contributed by atoms with Crippen LogP contribution in [0, 0.1) is 0 Å². The van der Waals surface area contributed by atoms with Crippen molar-refractivity contribution < 1.29 is 0 Å². The second kappa shape index (κ2) is 21.8. The molecule has 0 aliphatic rings. The lowest BCUT2D eigenvalue weighted by molar-refractivity contribution is 1.07. The van der Waals surface area contributed by atoms with E-state index in [2.05, 4.69) is 370 Å². The SMILES string of the molecule is c1ccc(-c2c(-c3c(-c4ccccc4)c4ccccc4n3-c3ccc(-c4ccc(-c5ccc6c7ccccc7n(-c7ccccc7)c6c5)cc4)cc3)n(-c3ccc(-c4ccc(-c5ccc6c(c5)c5ccccc5n6-c5ccccc5)cc4)cc3)c3ccccc23)cc1. The first kappa shape index (κ1) is 52.8. The molecule has 0 N–H and O–H groups in total. The molecule has 14 aromatic carbocycles. The number of hydrogen-bond acceptors (Lipinski definition) is 0. The highest BCUT2D eigenvalue weighted by molar-refractivity contribution is 6.14. The molecule has 0 aliphatic heterocycles. The molecule has 92 heavy (non-hydrogen) atoms. The van der Waals surface area contributed by atoms with Gasteiger partial charge >= 0.3 is 0 Å². The van der Waals surface area contributed by atoms with E-state index in [9.17, 15) is 0 Å². The molecule has 0 aliphatic carbocycles. The lowest BCUT2D eigenvalue weighted by atomic mass is 9.95. The van der Waals surface area contributed by atoms with Gasteiger partial charge in [-0.25, -0.2) is 0 Å². The summed E-state index contributed by atoms with van der Waals surface area (Å²) >= 11 is 0. The maximum absolute atomic E-state index is 2.52. The molecule has 0 bridgehead atoms. The number of hydrogen-bond donors (Lipinski definition) is 0. The minimum absolute atomic E-state index is 1.08. The summed E-state index contributed by atoms with van der Waals surface area (Å²) in [4.78, 5) is 0. The van der Waals surface area contributed by atoms with Crippen LogP contribution in [0.3, 0.4) is 0 Å². The van der Waals surface area contributed by atoms with Gasteiger partial charge in [-0.2, -0.15) is 0 Å². The molecular formula is C88H58N4. The van der Waals surface area contributed by atoms with Crippen molar-refractivity contribution in [2.45, 2.75) is 0 Å². The van der Waals surface area contributed by atoms with E-state index in [4.69, 9.17) is 0 Å². The average molecular weight is 1170 g/mol. The van der Waals surface area contributed by atoms with Gasteiger partial charge in [0.25, 0.3) is 0 Å². The van der Waals surface area contributed by atoms with Crippen LogP contribution >= 0.6 is 0 Å². The van der Waals surface area contributed by atoms with Gasteiger partial charge in [-0.3, -0.25) is 0 Å². The van der Waals surface area contributed by atoms with Crippen molar-refractivity contribution in [2.75, 3.05) is 0 Å². The van der Waals surface area contributed by atoms with E-state index in [1.807, 2.05) is 0 Å². The Labute approximate surface area is 533 Å². The first-order chi connectivity index (χ1) is 45.7. The lowest BCUT2D eigenvalue weighted by Crippen LogP contribution is -2.04. The van der Waals surface area contributed by atoms with Crippen LogP contribution in [0.5, 0.6) is 0 Å². The summed E-state index contributed by atoms with van der Waals surface area (Å²) in [5.74, 6) is 0. The Balaban J connectivity index is 0.743. The minimum atomic E-state index is 1.08. The molecule has 0 unspecified atom stereocenters. The molecule has 0 amide bonds. The second-order valence-electron chi connectivity index (χ2n) is 24.0. The van der Waals surface area contributed by atoms with Crippen molar-refractivity contribution in [3.63, 3.8) is 0 Å². The minimum Gasteiger partial charge on any atom is -0.309 e. The predicted molar refractivity (Wildman–Crippen MR) is 387 cm³/mol. The van der Waals surface area contributed by atoms with E-state index in [0.717, 1.165) is 78.6 Å². The highest BCUT2D eigenvalue weighted by Gasteiger charge is 2.30. The number of aromatic nitrogens is 4. The summed E-state index contributed by atoms with van der Waals surface area (Å²) in [6.07, 6.45) is 0. The summed E-state index contributed by atoms with van der Waals surface area (Å²) < 4.78 is 9.79. The van der Waals surface area contributed by atoms with E-state index in [-0.39, 0.29) is 0 Å². The highest BCUT2D eigenvalue weighted by Crippen LogP contribution is 2.50. The third-order valence-corrected chi connectivity index (χ3v) is 18.8. The number of para-hydroxylation sites is 6. The van der Waals surface area contributed by atoms with Crippen LogP contribution in [-0.2, 0) is 0 Å². The van der Waals surface area contributed by atoms with Crippen LogP contribution in [0.15, 0.2) is 352 Å². The van der Waals surface area contributed by atoms with Crippen LogP contribution in [0.2, 0.25) is 0 Å². The van der Waals surface area contributed by atoms with E-state index in [1.54, 1.807) is 0 Å². The fraction of sp³-hybridized carbons (Fsp3) is 0. The Bertz CT molecular complexity index is 5790. The Morgan fingerprint density at radius 3 is 0.848 bits per heavy atom. The molecule has 430 valence electrons. The first-order valence-electron chi connectivity index (χ1n) is 31.6. The summed E-state index contributed by atoms with van der Waals surface area (Å²) in [6, 6.07) is 129. The third kappa shape index (κ3) is 8.68. The van der Waals surface area contributed by atoms with Crippen LogP contribution < -0.4 is 0 Å². The largest absolute Gasteiger partial charge is 0.309 e. The van der Waals surface area contributed by atoms with Gasteiger partial charge in [-0.15, -0.1) is 0 Å². The van der Waals surface area contributed by atoms with Crippen molar-refractivity contribution in [2.24, 2.45) is 0 Å². The molecule has 0 atom stereocenters. The topological polar surface area (TPSA) is 19.7 Å². The monoisotopic (exact) mass is 1170 g/mol.